The molecular weight excluding hydrogens is 406 g/mol. The van der Waals surface area contributed by atoms with E-state index < -0.39 is 5.25 Å². The van der Waals surface area contributed by atoms with Crippen molar-refractivity contribution in [2.45, 2.75) is 23.8 Å². The van der Waals surface area contributed by atoms with Gasteiger partial charge in [0.05, 0.1) is 21.8 Å². The fraction of sp³-hybridized carbons (Fsp3) is 0.160. The van der Waals surface area contributed by atoms with Crippen LogP contribution in [0.2, 0.25) is 0 Å². The van der Waals surface area contributed by atoms with Gasteiger partial charge in [0, 0.05) is 12.2 Å². The number of carbonyl (C=O) groups is 1. The van der Waals surface area contributed by atoms with Crippen LogP contribution in [-0.2, 0) is 11.2 Å². The molecule has 0 fully saturated rings. The lowest BCUT2D eigenvalue weighted by Crippen LogP contribution is -2.35. The van der Waals surface area contributed by atoms with Crippen LogP contribution >= 0.6 is 11.8 Å². The van der Waals surface area contributed by atoms with Crippen molar-refractivity contribution in [2.24, 2.45) is 0 Å². The molecule has 0 radical (unpaired) electrons. The first-order chi connectivity index (χ1) is 15.1. The minimum atomic E-state index is -0.394. The van der Waals surface area contributed by atoms with Gasteiger partial charge in [-0.3, -0.25) is 14.2 Å². The van der Waals surface area contributed by atoms with Crippen molar-refractivity contribution >= 4 is 34.3 Å². The van der Waals surface area contributed by atoms with Gasteiger partial charge in [-0.15, -0.1) is 0 Å². The zero-order chi connectivity index (χ0) is 21.4. The Labute approximate surface area is 184 Å². The fourth-order valence-corrected chi connectivity index (χ4v) is 4.98. The van der Waals surface area contributed by atoms with Crippen LogP contribution in [0.4, 0.5) is 5.69 Å². The summed E-state index contributed by atoms with van der Waals surface area (Å²) in [5.74, 6) is 0.0250. The van der Waals surface area contributed by atoms with Crippen LogP contribution in [0.3, 0.4) is 0 Å². The Kier molecular flexibility index (Phi) is 5.08. The Morgan fingerprint density at radius 1 is 0.968 bits per heavy atom. The summed E-state index contributed by atoms with van der Waals surface area (Å²) in [6.07, 6.45) is 0.863. The molecule has 0 saturated heterocycles. The summed E-state index contributed by atoms with van der Waals surface area (Å²) in [6, 6.07) is 24.8. The number of fused-ring (bicyclic) bond motifs is 2. The van der Waals surface area contributed by atoms with Crippen LogP contribution < -0.4 is 10.5 Å². The summed E-state index contributed by atoms with van der Waals surface area (Å²) < 4.78 is 1.61. The number of carbonyl (C=O) groups excluding carboxylic acids is 1. The highest BCUT2D eigenvalue weighted by molar-refractivity contribution is 8.00. The van der Waals surface area contributed by atoms with Gasteiger partial charge in [0.1, 0.15) is 0 Å². The lowest BCUT2D eigenvalue weighted by Gasteiger charge is -2.22. The fourth-order valence-electron chi connectivity index (χ4n) is 3.99. The highest BCUT2D eigenvalue weighted by Crippen LogP contribution is 2.32. The third-order valence-electron chi connectivity index (χ3n) is 5.54. The van der Waals surface area contributed by atoms with Gasteiger partial charge in [-0.05, 0) is 49.2 Å². The van der Waals surface area contributed by atoms with E-state index in [0.717, 1.165) is 17.8 Å². The van der Waals surface area contributed by atoms with Crippen molar-refractivity contribution in [3.05, 3.63) is 94.8 Å². The Morgan fingerprint density at radius 3 is 2.52 bits per heavy atom. The Balaban J connectivity index is 1.54. The van der Waals surface area contributed by atoms with Crippen molar-refractivity contribution in [3.63, 3.8) is 0 Å². The number of amides is 1. The molecular formula is C25H21N3O2S. The number of aromatic nitrogens is 2. The molecule has 1 aliphatic rings. The molecule has 2 heterocycles. The van der Waals surface area contributed by atoms with E-state index in [9.17, 15) is 9.59 Å². The van der Waals surface area contributed by atoms with E-state index in [2.05, 4.69) is 6.07 Å². The van der Waals surface area contributed by atoms with Crippen LogP contribution in [0.15, 0.2) is 88.8 Å². The SMILES string of the molecule is C[C@H](Sc1nc2ccccc2c(=O)n1-c1ccccc1)C(=O)N1CCc2ccccc21. The number of para-hydroxylation sites is 3. The standard InChI is InChI=1S/C25H21N3O2S/c1-17(23(29)27-16-15-18-9-5-8-14-22(18)27)31-25-26-21-13-7-6-12-20(21)24(30)28(25)19-10-3-2-4-11-19/h2-14,17H,15-16H2,1H3/t17-/m0/s1. The van der Waals surface area contributed by atoms with E-state index in [-0.39, 0.29) is 11.5 Å². The first-order valence-corrected chi connectivity index (χ1v) is 11.1. The Morgan fingerprint density at radius 2 is 1.68 bits per heavy atom. The quantitative estimate of drug-likeness (QED) is 0.357. The monoisotopic (exact) mass is 427 g/mol. The zero-order valence-corrected chi connectivity index (χ0v) is 17.9. The molecule has 1 amide bonds. The molecule has 6 heteroatoms. The Hall–Kier alpha value is -3.38. The van der Waals surface area contributed by atoms with Gasteiger partial charge in [0.2, 0.25) is 5.91 Å². The number of benzene rings is 3. The van der Waals surface area contributed by atoms with Crippen molar-refractivity contribution in [1.82, 2.24) is 9.55 Å². The molecule has 0 bridgehead atoms. The largest absolute Gasteiger partial charge is 0.311 e. The minimum absolute atomic E-state index is 0.0250. The average Bonchev–Trinajstić information content (AvgIpc) is 3.23. The predicted molar refractivity (Wildman–Crippen MR) is 125 cm³/mol. The second-order valence-electron chi connectivity index (χ2n) is 7.52. The molecule has 5 nitrogen and oxygen atoms in total. The van der Waals surface area contributed by atoms with Crippen LogP contribution in [0.25, 0.3) is 16.6 Å². The minimum Gasteiger partial charge on any atom is -0.311 e. The second-order valence-corrected chi connectivity index (χ2v) is 8.82. The highest BCUT2D eigenvalue weighted by atomic mass is 32.2. The molecule has 0 aliphatic carbocycles. The third kappa shape index (κ3) is 3.53. The summed E-state index contributed by atoms with van der Waals surface area (Å²) in [4.78, 5) is 33.2. The summed E-state index contributed by atoms with van der Waals surface area (Å²) in [7, 11) is 0. The first kappa shape index (κ1) is 19.6. The number of rotatable bonds is 4. The van der Waals surface area contributed by atoms with Crippen LogP contribution in [0.1, 0.15) is 12.5 Å². The number of hydrogen-bond acceptors (Lipinski definition) is 4. The number of hydrogen-bond donors (Lipinski definition) is 0. The van der Waals surface area contributed by atoms with Gasteiger partial charge >= 0.3 is 0 Å². The number of nitrogens with zero attached hydrogens (tertiary/aromatic N) is 3. The lowest BCUT2D eigenvalue weighted by atomic mass is 10.2. The van der Waals surface area contributed by atoms with Crippen LogP contribution in [0.5, 0.6) is 0 Å². The van der Waals surface area contributed by atoms with Crippen molar-refractivity contribution < 1.29 is 4.79 Å². The second kappa shape index (κ2) is 8.04. The van der Waals surface area contributed by atoms with Gasteiger partial charge in [0.25, 0.3) is 5.56 Å². The van der Waals surface area contributed by atoms with Gasteiger partial charge in [-0.1, -0.05) is 60.3 Å². The topological polar surface area (TPSA) is 55.2 Å². The molecule has 0 saturated carbocycles. The molecule has 1 atom stereocenters. The summed E-state index contributed by atoms with van der Waals surface area (Å²) in [6.45, 7) is 2.56. The molecule has 3 aromatic carbocycles. The molecule has 0 spiro atoms. The smallest absolute Gasteiger partial charge is 0.266 e. The van der Waals surface area contributed by atoms with Gasteiger partial charge in [-0.2, -0.15) is 0 Å². The highest BCUT2D eigenvalue weighted by Gasteiger charge is 2.29. The number of anilines is 1. The van der Waals surface area contributed by atoms with E-state index in [4.69, 9.17) is 4.98 Å². The van der Waals surface area contributed by atoms with Crippen molar-refractivity contribution in [2.75, 3.05) is 11.4 Å². The molecule has 1 aromatic heterocycles. The first-order valence-electron chi connectivity index (χ1n) is 10.3. The zero-order valence-electron chi connectivity index (χ0n) is 17.1. The van der Waals surface area contributed by atoms with Crippen LogP contribution in [0, 0.1) is 0 Å². The van der Waals surface area contributed by atoms with Gasteiger partial charge in [-0.25, -0.2) is 4.98 Å². The molecule has 1 aliphatic heterocycles. The Bertz CT molecular complexity index is 1330. The third-order valence-corrected chi connectivity index (χ3v) is 6.58. The summed E-state index contributed by atoms with van der Waals surface area (Å²) in [5.41, 5.74) is 3.41. The van der Waals surface area contributed by atoms with E-state index in [1.807, 2.05) is 78.6 Å². The summed E-state index contributed by atoms with van der Waals surface area (Å²) in [5, 5.41) is 0.681. The lowest BCUT2D eigenvalue weighted by molar-refractivity contribution is -0.117. The molecule has 0 unspecified atom stereocenters. The molecule has 5 rings (SSSR count). The average molecular weight is 428 g/mol. The van der Waals surface area contributed by atoms with Crippen LogP contribution in [-0.4, -0.2) is 27.3 Å². The number of thioether (sulfide) groups is 1. The molecule has 31 heavy (non-hydrogen) atoms. The van der Waals surface area contributed by atoms with Crippen molar-refractivity contribution in [1.29, 1.82) is 0 Å². The summed E-state index contributed by atoms with van der Waals surface area (Å²) >= 11 is 1.32. The molecule has 0 N–H and O–H groups in total. The maximum atomic E-state index is 13.3. The molecule has 154 valence electrons. The van der Waals surface area contributed by atoms with Crippen molar-refractivity contribution in [3.8, 4) is 5.69 Å². The van der Waals surface area contributed by atoms with E-state index in [1.54, 1.807) is 10.6 Å². The molecule has 4 aromatic rings. The van der Waals surface area contributed by atoms with E-state index >= 15 is 0 Å². The van der Waals surface area contributed by atoms with Gasteiger partial charge in [0.15, 0.2) is 5.16 Å². The van der Waals surface area contributed by atoms with Gasteiger partial charge < -0.3 is 4.90 Å². The normalized spacial score (nSPS) is 13.9. The van der Waals surface area contributed by atoms with E-state index in [1.165, 1.54) is 17.3 Å². The maximum Gasteiger partial charge on any atom is 0.266 e. The maximum absolute atomic E-state index is 13.3. The van der Waals surface area contributed by atoms with E-state index in [0.29, 0.717) is 22.6 Å². The predicted octanol–water partition coefficient (Wildman–Crippen LogP) is 4.46.